The van der Waals surface area contributed by atoms with Crippen molar-refractivity contribution in [1.82, 2.24) is 25.4 Å². The summed E-state index contributed by atoms with van der Waals surface area (Å²) in [6, 6.07) is 3.05. The zero-order chi connectivity index (χ0) is 14.5. The third kappa shape index (κ3) is 4.19. The topological polar surface area (TPSA) is 92.1 Å². The molecule has 3 N–H and O–H groups in total. The summed E-state index contributed by atoms with van der Waals surface area (Å²) in [5, 5.41) is 19.1. The van der Waals surface area contributed by atoms with Crippen molar-refractivity contribution in [3.63, 3.8) is 0 Å². The second-order valence-corrected chi connectivity index (χ2v) is 5.80. The molecule has 2 rings (SSSR count). The van der Waals surface area contributed by atoms with Crippen LogP contribution in [0, 0.1) is 0 Å². The first-order chi connectivity index (χ1) is 9.54. The van der Waals surface area contributed by atoms with Crippen molar-refractivity contribution in [2.24, 2.45) is 7.05 Å². The van der Waals surface area contributed by atoms with Gasteiger partial charge >= 0.3 is 6.03 Å². The highest BCUT2D eigenvalue weighted by Gasteiger charge is 2.11. The van der Waals surface area contributed by atoms with Gasteiger partial charge in [-0.1, -0.05) is 11.6 Å². The highest BCUT2D eigenvalue weighted by atomic mass is 35.5. The number of hydrogen-bond acceptors (Lipinski definition) is 5. The number of nitrogens with zero attached hydrogens (tertiary/aromatic N) is 3. The Balaban J connectivity index is 1.72. The number of rotatable bonds is 5. The second kappa shape index (κ2) is 6.69. The van der Waals surface area contributed by atoms with Gasteiger partial charge in [-0.3, -0.25) is 4.68 Å². The quantitative estimate of drug-likeness (QED) is 0.769. The molecule has 0 aromatic carbocycles. The van der Waals surface area contributed by atoms with Gasteiger partial charge in [-0.2, -0.15) is 5.10 Å². The normalized spacial score (nSPS) is 12.2. The molecule has 7 nitrogen and oxygen atoms in total. The number of thiophene rings is 1. The van der Waals surface area contributed by atoms with Gasteiger partial charge in [-0.05, 0) is 12.1 Å². The Hall–Kier alpha value is -1.64. The number of nitrogens with one attached hydrogen (secondary N) is 2. The molecule has 0 aliphatic carbocycles. The Kier molecular flexibility index (Phi) is 4.94. The number of carbonyl (C=O) groups is 1. The minimum atomic E-state index is -0.772. The summed E-state index contributed by atoms with van der Waals surface area (Å²) in [6.45, 7) is 0.339. The molecule has 20 heavy (non-hydrogen) atoms. The molecule has 0 saturated carbocycles. The first-order valence-corrected chi connectivity index (χ1v) is 7.03. The van der Waals surface area contributed by atoms with Crippen molar-refractivity contribution in [2.45, 2.75) is 12.6 Å². The molecule has 2 aromatic heterocycles. The Morgan fingerprint density at radius 3 is 2.95 bits per heavy atom. The van der Waals surface area contributed by atoms with E-state index in [-0.39, 0.29) is 19.1 Å². The molecule has 1 atom stereocenters. The zero-order valence-electron chi connectivity index (χ0n) is 10.7. The van der Waals surface area contributed by atoms with Crippen LogP contribution < -0.4 is 10.6 Å². The van der Waals surface area contributed by atoms with Gasteiger partial charge in [0.25, 0.3) is 0 Å². The van der Waals surface area contributed by atoms with Gasteiger partial charge in [0, 0.05) is 11.9 Å². The van der Waals surface area contributed by atoms with Crippen molar-refractivity contribution in [3.8, 4) is 0 Å². The standard InChI is InChI=1S/C11H14ClN5O2S/c1-17-6-15-10(16-17)5-14-11(19)13-4-7(18)8-2-3-9(12)20-8/h2-3,6-7,18H,4-5H2,1H3,(H2,13,14,19). The summed E-state index contributed by atoms with van der Waals surface area (Å²) >= 11 is 7.06. The fourth-order valence-corrected chi connectivity index (χ4v) is 2.53. The molecule has 2 aromatic rings. The maximum Gasteiger partial charge on any atom is 0.315 e. The summed E-state index contributed by atoms with van der Waals surface area (Å²) in [5.41, 5.74) is 0. The molecule has 0 fully saturated rings. The maximum atomic E-state index is 11.5. The van der Waals surface area contributed by atoms with Crippen molar-refractivity contribution in [2.75, 3.05) is 6.54 Å². The lowest BCUT2D eigenvalue weighted by atomic mass is 10.3. The SMILES string of the molecule is Cn1cnc(CNC(=O)NCC(O)c2ccc(Cl)s2)n1. The summed E-state index contributed by atoms with van der Waals surface area (Å²) in [7, 11) is 1.75. The minimum absolute atomic E-state index is 0.109. The fraction of sp³-hybridized carbons (Fsp3) is 0.364. The largest absolute Gasteiger partial charge is 0.386 e. The van der Waals surface area contributed by atoms with Crippen LogP contribution in [0.1, 0.15) is 16.8 Å². The van der Waals surface area contributed by atoms with Crippen LogP contribution in [0.2, 0.25) is 4.34 Å². The van der Waals surface area contributed by atoms with Gasteiger partial charge in [-0.25, -0.2) is 9.78 Å². The first kappa shape index (κ1) is 14.8. The number of amides is 2. The zero-order valence-corrected chi connectivity index (χ0v) is 12.3. The van der Waals surface area contributed by atoms with Crippen molar-refractivity contribution >= 4 is 29.0 Å². The van der Waals surface area contributed by atoms with Crippen molar-refractivity contribution in [1.29, 1.82) is 0 Å². The van der Waals surface area contributed by atoms with E-state index in [1.54, 1.807) is 30.2 Å². The lowest BCUT2D eigenvalue weighted by Crippen LogP contribution is -2.37. The van der Waals surface area contributed by atoms with E-state index in [1.165, 1.54) is 11.3 Å². The van der Waals surface area contributed by atoms with Crippen molar-refractivity contribution < 1.29 is 9.90 Å². The minimum Gasteiger partial charge on any atom is -0.386 e. The molecule has 2 heterocycles. The van der Waals surface area contributed by atoms with E-state index < -0.39 is 6.10 Å². The summed E-state index contributed by atoms with van der Waals surface area (Å²) in [5.74, 6) is 0.522. The number of aromatic nitrogens is 3. The van der Waals surface area contributed by atoms with E-state index >= 15 is 0 Å². The van der Waals surface area contributed by atoms with E-state index in [2.05, 4.69) is 20.7 Å². The summed E-state index contributed by atoms with van der Waals surface area (Å²) in [6.07, 6.45) is 0.783. The van der Waals surface area contributed by atoms with Crippen LogP contribution >= 0.6 is 22.9 Å². The molecule has 0 aliphatic rings. The van der Waals surface area contributed by atoms with Crippen LogP contribution in [0.25, 0.3) is 0 Å². The van der Waals surface area contributed by atoms with Crippen LogP contribution in [0.15, 0.2) is 18.5 Å². The van der Waals surface area contributed by atoms with Crippen molar-refractivity contribution in [3.05, 3.63) is 33.5 Å². The molecule has 2 amide bonds. The Morgan fingerprint density at radius 2 is 2.35 bits per heavy atom. The number of aliphatic hydroxyl groups is 1. The van der Waals surface area contributed by atoms with Crippen LogP contribution in [0.5, 0.6) is 0 Å². The average molecular weight is 316 g/mol. The van der Waals surface area contributed by atoms with E-state index in [0.29, 0.717) is 15.0 Å². The lowest BCUT2D eigenvalue weighted by molar-refractivity contribution is 0.176. The molecule has 0 bridgehead atoms. The van der Waals surface area contributed by atoms with Gasteiger partial charge in [0.2, 0.25) is 0 Å². The Bertz CT molecular complexity index is 585. The molecule has 0 spiro atoms. The first-order valence-electron chi connectivity index (χ1n) is 5.84. The van der Waals surface area contributed by atoms with Crippen LogP contribution in [-0.2, 0) is 13.6 Å². The van der Waals surface area contributed by atoms with Crippen LogP contribution in [0.4, 0.5) is 4.79 Å². The fourth-order valence-electron chi connectivity index (χ4n) is 1.48. The number of aryl methyl sites for hydroxylation is 1. The van der Waals surface area contributed by atoms with Gasteiger partial charge < -0.3 is 15.7 Å². The van der Waals surface area contributed by atoms with E-state index in [0.717, 1.165) is 0 Å². The molecule has 0 radical (unpaired) electrons. The second-order valence-electron chi connectivity index (χ2n) is 4.06. The maximum absolute atomic E-state index is 11.5. The highest BCUT2D eigenvalue weighted by Crippen LogP contribution is 2.26. The molecule has 1 unspecified atom stereocenters. The third-order valence-corrected chi connectivity index (χ3v) is 3.76. The molecular weight excluding hydrogens is 302 g/mol. The van der Waals surface area contributed by atoms with Gasteiger partial charge in [-0.15, -0.1) is 11.3 Å². The number of aliphatic hydroxyl groups excluding tert-OH is 1. The number of carbonyl (C=O) groups excluding carboxylic acids is 1. The Labute approximate surface area is 124 Å². The van der Waals surface area contributed by atoms with E-state index in [4.69, 9.17) is 11.6 Å². The number of hydrogen-bond donors (Lipinski definition) is 3. The molecule has 9 heteroatoms. The van der Waals surface area contributed by atoms with Gasteiger partial charge in [0.1, 0.15) is 12.4 Å². The summed E-state index contributed by atoms with van der Waals surface area (Å²) in [4.78, 5) is 16.2. The number of halogens is 1. The molecule has 108 valence electrons. The monoisotopic (exact) mass is 315 g/mol. The molecular formula is C11H14ClN5O2S. The van der Waals surface area contributed by atoms with Gasteiger partial charge in [0.05, 0.1) is 17.4 Å². The molecule has 0 aliphatic heterocycles. The van der Waals surface area contributed by atoms with Gasteiger partial charge in [0.15, 0.2) is 5.82 Å². The Morgan fingerprint density at radius 1 is 1.55 bits per heavy atom. The van der Waals surface area contributed by atoms with Crippen LogP contribution in [0.3, 0.4) is 0 Å². The highest BCUT2D eigenvalue weighted by molar-refractivity contribution is 7.16. The van der Waals surface area contributed by atoms with Crippen LogP contribution in [-0.4, -0.2) is 32.4 Å². The number of urea groups is 1. The predicted molar refractivity (Wildman–Crippen MR) is 75.5 cm³/mol. The predicted octanol–water partition coefficient (Wildman–Crippen LogP) is 1.06. The van der Waals surface area contributed by atoms with E-state index in [9.17, 15) is 9.90 Å². The smallest absolute Gasteiger partial charge is 0.315 e. The third-order valence-electron chi connectivity index (χ3n) is 2.43. The average Bonchev–Trinajstić information content (AvgIpc) is 3.02. The molecule has 0 saturated heterocycles. The summed E-state index contributed by atoms with van der Waals surface area (Å²) < 4.78 is 2.16. The lowest BCUT2D eigenvalue weighted by Gasteiger charge is -2.10. The van der Waals surface area contributed by atoms with E-state index in [1.807, 2.05) is 0 Å².